The first-order chi connectivity index (χ1) is 6.59. The Hall–Kier alpha value is -0.980. The fourth-order valence-electron chi connectivity index (χ4n) is 1.51. The molecular formula is C13H21N. The van der Waals surface area contributed by atoms with Gasteiger partial charge in [-0.1, -0.05) is 31.5 Å². The second-order valence-electron chi connectivity index (χ2n) is 4.43. The molecule has 78 valence electrons. The molecule has 1 nitrogen and oxygen atoms in total. The first-order valence-corrected chi connectivity index (χ1v) is 5.40. The van der Waals surface area contributed by atoms with Gasteiger partial charge < -0.3 is 5.32 Å². The Morgan fingerprint density at radius 3 is 2.50 bits per heavy atom. The first-order valence-electron chi connectivity index (χ1n) is 5.40. The van der Waals surface area contributed by atoms with Crippen molar-refractivity contribution in [3.05, 3.63) is 29.3 Å². The van der Waals surface area contributed by atoms with E-state index in [1.54, 1.807) is 0 Å². The minimum Gasteiger partial charge on any atom is -0.385 e. The Labute approximate surface area is 87.5 Å². The molecule has 0 aliphatic carbocycles. The number of aryl methyl sites for hydroxylation is 2. The molecule has 0 amide bonds. The Morgan fingerprint density at radius 1 is 1.21 bits per heavy atom. The van der Waals surface area contributed by atoms with E-state index >= 15 is 0 Å². The average Bonchev–Trinajstić information content (AvgIpc) is 2.08. The Bertz CT molecular complexity index is 289. The molecule has 0 aliphatic heterocycles. The van der Waals surface area contributed by atoms with Crippen LogP contribution in [0.4, 0.5) is 5.69 Å². The van der Waals surface area contributed by atoms with Crippen LogP contribution in [0.25, 0.3) is 0 Å². The number of hydrogen-bond donors (Lipinski definition) is 1. The summed E-state index contributed by atoms with van der Waals surface area (Å²) in [5.41, 5.74) is 3.95. The predicted molar refractivity (Wildman–Crippen MR) is 63.9 cm³/mol. The van der Waals surface area contributed by atoms with Crippen LogP contribution in [0, 0.1) is 19.8 Å². The maximum atomic E-state index is 3.47. The lowest BCUT2D eigenvalue weighted by Gasteiger charge is -2.11. The van der Waals surface area contributed by atoms with Crippen LogP contribution in [-0.2, 0) is 0 Å². The third-order valence-corrected chi connectivity index (χ3v) is 2.42. The van der Waals surface area contributed by atoms with Gasteiger partial charge in [-0.05, 0) is 37.8 Å². The number of hydrogen-bond acceptors (Lipinski definition) is 1. The molecule has 1 aromatic rings. The van der Waals surface area contributed by atoms with Gasteiger partial charge in [0.05, 0.1) is 0 Å². The van der Waals surface area contributed by atoms with Gasteiger partial charge in [-0.15, -0.1) is 0 Å². The van der Waals surface area contributed by atoms with Crippen molar-refractivity contribution in [2.24, 2.45) is 5.92 Å². The monoisotopic (exact) mass is 191 g/mol. The molecule has 1 N–H and O–H groups in total. The van der Waals surface area contributed by atoms with Gasteiger partial charge in [-0.3, -0.25) is 0 Å². The van der Waals surface area contributed by atoms with E-state index in [0.717, 1.165) is 12.5 Å². The van der Waals surface area contributed by atoms with E-state index in [1.807, 2.05) is 0 Å². The van der Waals surface area contributed by atoms with Crippen molar-refractivity contribution in [3.63, 3.8) is 0 Å². The first kappa shape index (κ1) is 11.1. The second kappa shape index (κ2) is 5.04. The Morgan fingerprint density at radius 2 is 1.93 bits per heavy atom. The lowest BCUT2D eigenvalue weighted by atomic mass is 10.1. The van der Waals surface area contributed by atoms with Crippen molar-refractivity contribution in [1.82, 2.24) is 0 Å². The summed E-state index contributed by atoms with van der Waals surface area (Å²) in [4.78, 5) is 0. The minimum atomic E-state index is 0.772. The molecule has 0 heterocycles. The zero-order valence-corrected chi connectivity index (χ0v) is 9.72. The van der Waals surface area contributed by atoms with Crippen LogP contribution >= 0.6 is 0 Å². The van der Waals surface area contributed by atoms with Crippen molar-refractivity contribution in [3.8, 4) is 0 Å². The van der Waals surface area contributed by atoms with E-state index in [-0.39, 0.29) is 0 Å². The van der Waals surface area contributed by atoms with Crippen molar-refractivity contribution >= 4 is 5.69 Å². The SMILES string of the molecule is Cc1ccc(NCCC(C)C)c(C)c1. The molecule has 1 rings (SSSR count). The molecule has 1 aromatic carbocycles. The van der Waals surface area contributed by atoms with Gasteiger partial charge in [0.1, 0.15) is 0 Å². The number of rotatable bonds is 4. The molecule has 0 fully saturated rings. The molecule has 1 heteroatoms. The highest BCUT2D eigenvalue weighted by Crippen LogP contribution is 2.16. The zero-order valence-electron chi connectivity index (χ0n) is 9.72. The van der Waals surface area contributed by atoms with Crippen molar-refractivity contribution in [2.75, 3.05) is 11.9 Å². The highest BCUT2D eigenvalue weighted by atomic mass is 14.9. The topological polar surface area (TPSA) is 12.0 Å². The van der Waals surface area contributed by atoms with E-state index in [2.05, 4.69) is 51.2 Å². The van der Waals surface area contributed by atoms with Crippen LogP contribution in [0.15, 0.2) is 18.2 Å². The lowest BCUT2D eigenvalue weighted by molar-refractivity contribution is 0.607. The van der Waals surface area contributed by atoms with Gasteiger partial charge >= 0.3 is 0 Å². The van der Waals surface area contributed by atoms with Crippen LogP contribution in [0.2, 0.25) is 0 Å². The minimum absolute atomic E-state index is 0.772. The number of nitrogens with one attached hydrogen (secondary N) is 1. The molecule has 0 bridgehead atoms. The summed E-state index contributed by atoms with van der Waals surface area (Å²) in [5.74, 6) is 0.772. The van der Waals surface area contributed by atoms with E-state index in [9.17, 15) is 0 Å². The Kier molecular flexibility index (Phi) is 3.99. The van der Waals surface area contributed by atoms with Gasteiger partial charge in [0.15, 0.2) is 0 Å². The van der Waals surface area contributed by atoms with Crippen molar-refractivity contribution in [2.45, 2.75) is 34.1 Å². The third kappa shape index (κ3) is 3.41. The fourth-order valence-corrected chi connectivity index (χ4v) is 1.51. The molecule has 0 atom stereocenters. The molecule has 0 unspecified atom stereocenters. The molecule has 0 aliphatic rings. The van der Waals surface area contributed by atoms with E-state index < -0.39 is 0 Å². The molecule has 0 saturated carbocycles. The molecule has 0 saturated heterocycles. The highest BCUT2D eigenvalue weighted by molar-refractivity contribution is 5.51. The summed E-state index contributed by atoms with van der Waals surface area (Å²) in [6, 6.07) is 6.55. The van der Waals surface area contributed by atoms with E-state index in [4.69, 9.17) is 0 Å². The normalized spacial score (nSPS) is 10.6. The summed E-state index contributed by atoms with van der Waals surface area (Å²) < 4.78 is 0. The smallest absolute Gasteiger partial charge is 0.0370 e. The third-order valence-electron chi connectivity index (χ3n) is 2.42. The largest absolute Gasteiger partial charge is 0.385 e. The summed E-state index contributed by atoms with van der Waals surface area (Å²) in [5, 5.41) is 3.47. The lowest BCUT2D eigenvalue weighted by Crippen LogP contribution is -2.05. The molecule has 0 aromatic heterocycles. The molecule has 0 spiro atoms. The predicted octanol–water partition coefficient (Wildman–Crippen LogP) is 3.76. The van der Waals surface area contributed by atoms with Crippen LogP contribution in [0.3, 0.4) is 0 Å². The molecule has 0 radical (unpaired) electrons. The molecular weight excluding hydrogens is 170 g/mol. The zero-order chi connectivity index (χ0) is 10.6. The van der Waals surface area contributed by atoms with Crippen LogP contribution in [-0.4, -0.2) is 6.54 Å². The maximum absolute atomic E-state index is 3.47. The second-order valence-corrected chi connectivity index (χ2v) is 4.43. The van der Waals surface area contributed by atoms with Gasteiger partial charge in [-0.2, -0.15) is 0 Å². The van der Waals surface area contributed by atoms with Gasteiger partial charge in [0.2, 0.25) is 0 Å². The number of anilines is 1. The van der Waals surface area contributed by atoms with Crippen molar-refractivity contribution < 1.29 is 0 Å². The maximum Gasteiger partial charge on any atom is 0.0370 e. The molecule has 14 heavy (non-hydrogen) atoms. The van der Waals surface area contributed by atoms with Crippen molar-refractivity contribution in [1.29, 1.82) is 0 Å². The summed E-state index contributed by atoms with van der Waals surface area (Å²) in [6.45, 7) is 9.87. The van der Waals surface area contributed by atoms with Crippen LogP contribution in [0.5, 0.6) is 0 Å². The van der Waals surface area contributed by atoms with E-state index in [1.165, 1.54) is 23.2 Å². The van der Waals surface area contributed by atoms with E-state index in [0.29, 0.717) is 0 Å². The van der Waals surface area contributed by atoms with Crippen LogP contribution < -0.4 is 5.32 Å². The van der Waals surface area contributed by atoms with Crippen LogP contribution in [0.1, 0.15) is 31.4 Å². The van der Waals surface area contributed by atoms with Gasteiger partial charge in [0, 0.05) is 12.2 Å². The summed E-state index contributed by atoms with van der Waals surface area (Å²) >= 11 is 0. The van der Waals surface area contributed by atoms with Gasteiger partial charge in [0.25, 0.3) is 0 Å². The number of benzene rings is 1. The average molecular weight is 191 g/mol. The standard InChI is InChI=1S/C13H21N/c1-10(2)7-8-14-13-6-5-11(3)9-12(13)4/h5-6,9-10,14H,7-8H2,1-4H3. The summed E-state index contributed by atoms with van der Waals surface area (Å²) in [7, 11) is 0. The summed E-state index contributed by atoms with van der Waals surface area (Å²) in [6.07, 6.45) is 1.23. The fraction of sp³-hybridized carbons (Fsp3) is 0.538. The highest BCUT2D eigenvalue weighted by Gasteiger charge is 1.98. The quantitative estimate of drug-likeness (QED) is 0.764. The Balaban J connectivity index is 2.51. The van der Waals surface area contributed by atoms with Gasteiger partial charge in [-0.25, -0.2) is 0 Å².